The fraction of sp³-hybridized carbons (Fsp3) is 0.111. The summed E-state index contributed by atoms with van der Waals surface area (Å²) in [4.78, 5) is 8.02. The van der Waals surface area contributed by atoms with Gasteiger partial charge < -0.3 is 0 Å². The van der Waals surface area contributed by atoms with Crippen LogP contribution in [0, 0.1) is 0 Å². The molecule has 2 nitrogen and oxygen atoms in total. The molecule has 0 atom stereocenters. The molecule has 0 aliphatic heterocycles. The second kappa shape index (κ2) is 3.60. The Morgan fingerprint density at radius 1 is 1.38 bits per heavy atom. The van der Waals surface area contributed by atoms with Crippen molar-refractivity contribution in [2.45, 2.75) is 5.33 Å². The van der Waals surface area contributed by atoms with Gasteiger partial charge >= 0.3 is 0 Å². The van der Waals surface area contributed by atoms with Crippen molar-refractivity contribution in [2.24, 2.45) is 0 Å². The summed E-state index contributed by atoms with van der Waals surface area (Å²) in [5.41, 5.74) is 2.07. The maximum absolute atomic E-state index is 5.68. The molecule has 13 heavy (non-hydrogen) atoms. The standard InChI is InChI=1S/C9H6BrClN2/c10-4-6-1-2-7-5-12-9(11)13-8(7)3-6/h1-3,5H,4H2. The predicted molar refractivity (Wildman–Crippen MR) is 57.2 cm³/mol. The average Bonchev–Trinajstić information content (AvgIpc) is 2.16. The second-order valence-electron chi connectivity index (χ2n) is 2.67. The smallest absolute Gasteiger partial charge is 0.222 e. The molecular weight excluding hydrogens is 251 g/mol. The molecule has 0 amide bonds. The normalized spacial score (nSPS) is 10.6. The summed E-state index contributed by atoms with van der Waals surface area (Å²) in [5, 5.41) is 2.12. The number of hydrogen-bond acceptors (Lipinski definition) is 2. The Kier molecular flexibility index (Phi) is 2.47. The van der Waals surface area contributed by atoms with Crippen LogP contribution >= 0.6 is 27.5 Å². The van der Waals surface area contributed by atoms with E-state index in [0.29, 0.717) is 5.28 Å². The quantitative estimate of drug-likeness (QED) is 0.579. The van der Waals surface area contributed by atoms with Crippen molar-refractivity contribution in [1.82, 2.24) is 9.97 Å². The zero-order valence-electron chi connectivity index (χ0n) is 6.67. The largest absolute Gasteiger partial charge is 0.226 e. The third kappa shape index (κ3) is 1.81. The van der Waals surface area contributed by atoms with Gasteiger partial charge in [0.1, 0.15) is 0 Å². The summed E-state index contributed by atoms with van der Waals surface area (Å²) >= 11 is 9.07. The van der Waals surface area contributed by atoms with Crippen molar-refractivity contribution in [2.75, 3.05) is 0 Å². The molecule has 2 rings (SSSR count). The van der Waals surface area contributed by atoms with Crippen LogP contribution < -0.4 is 0 Å². The summed E-state index contributed by atoms with van der Waals surface area (Å²) < 4.78 is 0. The topological polar surface area (TPSA) is 25.8 Å². The molecule has 0 bridgehead atoms. The summed E-state index contributed by atoms with van der Waals surface area (Å²) in [6, 6.07) is 6.02. The molecule has 0 aliphatic carbocycles. The molecule has 1 aromatic carbocycles. The van der Waals surface area contributed by atoms with Crippen molar-refractivity contribution in [1.29, 1.82) is 0 Å². The van der Waals surface area contributed by atoms with Gasteiger partial charge in [-0.2, -0.15) is 0 Å². The van der Waals surface area contributed by atoms with E-state index in [1.54, 1.807) is 6.20 Å². The monoisotopic (exact) mass is 256 g/mol. The van der Waals surface area contributed by atoms with Crippen molar-refractivity contribution in [3.05, 3.63) is 35.2 Å². The highest BCUT2D eigenvalue weighted by molar-refractivity contribution is 9.08. The molecule has 2 aromatic rings. The van der Waals surface area contributed by atoms with Gasteiger partial charge in [-0.3, -0.25) is 0 Å². The molecule has 1 aromatic heterocycles. The number of hydrogen-bond donors (Lipinski definition) is 0. The van der Waals surface area contributed by atoms with Crippen molar-refractivity contribution < 1.29 is 0 Å². The van der Waals surface area contributed by atoms with E-state index in [2.05, 4.69) is 25.9 Å². The maximum atomic E-state index is 5.68. The maximum Gasteiger partial charge on any atom is 0.222 e. The minimum Gasteiger partial charge on any atom is -0.226 e. The van der Waals surface area contributed by atoms with Crippen LogP contribution in [0.15, 0.2) is 24.4 Å². The lowest BCUT2D eigenvalue weighted by molar-refractivity contribution is 1.22. The number of aromatic nitrogens is 2. The first-order valence-corrected chi connectivity index (χ1v) is 5.26. The Bertz CT molecular complexity index is 445. The van der Waals surface area contributed by atoms with Crippen molar-refractivity contribution in [3.63, 3.8) is 0 Å². The third-order valence-electron chi connectivity index (χ3n) is 1.77. The van der Waals surface area contributed by atoms with E-state index in [-0.39, 0.29) is 0 Å². The van der Waals surface area contributed by atoms with Gasteiger partial charge in [-0.15, -0.1) is 0 Å². The number of nitrogens with zero attached hydrogens (tertiary/aromatic N) is 2. The number of benzene rings is 1. The van der Waals surface area contributed by atoms with Crippen LogP contribution in [0.2, 0.25) is 5.28 Å². The van der Waals surface area contributed by atoms with E-state index in [4.69, 9.17) is 11.6 Å². The molecule has 0 fully saturated rings. The summed E-state index contributed by atoms with van der Waals surface area (Å²) in [6.07, 6.45) is 1.72. The Labute approximate surface area is 89.1 Å². The molecule has 4 heteroatoms. The Hall–Kier alpha value is -0.670. The lowest BCUT2D eigenvalue weighted by Crippen LogP contribution is -1.85. The van der Waals surface area contributed by atoms with Crippen LogP contribution in [0.5, 0.6) is 0 Å². The lowest BCUT2D eigenvalue weighted by Gasteiger charge is -1.99. The molecule has 0 saturated carbocycles. The van der Waals surface area contributed by atoms with E-state index in [1.807, 2.05) is 18.2 Å². The van der Waals surface area contributed by atoms with Gasteiger partial charge in [0.25, 0.3) is 0 Å². The fourth-order valence-electron chi connectivity index (χ4n) is 1.13. The zero-order chi connectivity index (χ0) is 9.26. The van der Waals surface area contributed by atoms with E-state index < -0.39 is 0 Å². The van der Waals surface area contributed by atoms with Crippen LogP contribution in [0.3, 0.4) is 0 Å². The fourth-order valence-corrected chi connectivity index (χ4v) is 1.62. The average molecular weight is 258 g/mol. The number of rotatable bonds is 1. The molecule has 66 valence electrons. The Balaban J connectivity index is 2.68. The Morgan fingerprint density at radius 3 is 3.00 bits per heavy atom. The minimum atomic E-state index is 0.291. The summed E-state index contributed by atoms with van der Waals surface area (Å²) in [5.74, 6) is 0. The van der Waals surface area contributed by atoms with E-state index in [9.17, 15) is 0 Å². The first-order chi connectivity index (χ1) is 6.29. The highest BCUT2D eigenvalue weighted by Gasteiger charge is 1.98. The number of fused-ring (bicyclic) bond motifs is 1. The molecule has 0 spiro atoms. The molecule has 0 saturated heterocycles. The number of alkyl halides is 1. The Morgan fingerprint density at radius 2 is 2.23 bits per heavy atom. The van der Waals surface area contributed by atoms with Gasteiger partial charge in [-0.05, 0) is 23.2 Å². The van der Waals surface area contributed by atoms with Gasteiger partial charge in [0.15, 0.2) is 0 Å². The van der Waals surface area contributed by atoms with Crippen LogP contribution in [-0.2, 0) is 5.33 Å². The van der Waals surface area contributed by atoms with Gasteiger partial charge in [0.2, 0.25) is 5.28 Å². The second-order valence-corrected chi connectivity index (χ2v) is 3.56. The van der Waals surface area contributed by atoms with Gasteiger partial charge in [-0.1, -0.05) is 28.1 Å². The SMILES string of the molecule is Clc1ncc2ccc(CBr)cc2n1. The third-order valence-corrected chi connectivity index (χ3v) is 2.60. The van der Waals surface area contributed by atoms with Crippen LogP contribution in [-0.4, -0.2) is 9.97 Å². The van der Waals surface area contributed by atoms with Gasteiger partial charge in [0.05, 0.1) is 5.52 Å². The predicted octanol–water partition coefficient (Wildman–Crippen LogP) is 3.18. The highest BCUT2D eigenvalue weighted by atomic mass is 79.9. The first kappa shape index (κ1) is 8.91. The molecular formula is C9H6BrClN2. The van der Waals surface area contributed by atoms with Gasteiger partial charge in [-0.25, -0.2) is 9.97 Å². The molecule has 0 radical (unpaired) electrons. The number of halogens is 2. The minimum absolute atomic E-state index is 0.291. The summed E-state index contributed by atoms with van der Waals surface area (Å²) in [7, 11) is 0. The summed E-state index contributed by atoms with van der Waals surface area (Å²) in [6.45, 7) is 0. The lowest BCUT2D eigenvalue weighted by atomic mass is 10.2. The van der Waals surface area contributed by atoms with E-state index in [1.165, 1.54) is 5.56 Å². The van der Waals surface area contributed by atoms with E-state index in [0.717, 1.165) is 16.2 Å². The van der Waals surface area contributed by atoms with Gasteiger partial charge in [0, 0.05) is 16.9 Å². The molecule has 0 N–H and O–H groups in total. The molecule has 0 aliphatic rings. The van der Waals surface area contributed by atoms with Crippen LogP contribution in [0.4, 0.5) is 0 Å². The zero-order valence-corrected chi connectivity index (χ0v) is 9.01. The molecule has 1 heterocycles. The van der Waals surface area contributed by atoms with Crippen molar-refractivity contribution >= 4 is 38.4 Å². The van der Waals surface area contributed by atoms with Crippen molar-refractivity contribution in [3.8, 4) is 0 Å². The van der Waals surface area contributed by atoms with Crippen LogP contribution in [0.25, 0.3) is 10.9 Å². The van der Waals surface area contributed by atoms with E-state index >= 15 is 0 Å². The first-order valence-electron chi connectivity index (χ1n) is 3.77. The van der Waals surface area contributed by atoms with Crippen LogP contribution in [0.1, 0.15) is 5.56 Å². The highest BCUT2D eigenvalue weighted by Crippen LogP contribution is 2.16. The molecule has 0 unspecified atom stereocenters.